The summed E-state index contributed by atoms with van der Waals surface area (Å²) in [5.41, 5.74) is 1.85. The molecule has 2 unspecified atom stereocenters. The number of amides is 1. The summed E-state index contributed by atoms with van der Waals surface area (Å²) >= 11 is 0. The third-order valence-corrected chi connectivity index (χ3v) is 5.52. The van der Waals surface area contributed by atoms with E-state index >= 15 is 0 Å². The number of anilines is 1. The molecule has 1 aliphatic rings. The summed E-state index contributed by atoms with van der Waals surface area (Å²) in [6.07, 6.45) is -3.79. The highest BCUT2D eigenvalue weighted by Crippen LogP contribution is 2.48. The maximum atomic E-state index is 12.7. The molecular formula is C20H22F3N3O3S. The van der Waals surface area contributed by atoms with Gasteiger partial charge in [-0.2, -0.15) is 13.2 Å². The SMILES string of the molecule is Cc1nc([C@@H](C)NC(=O)C2CC2c2ccc(C(F)(F)F)cc2)ccc1NC[SH](=O)=O. The van der Waals surface area contributed by atoms with Crippen molar-refractivity contribution in [3.05, 3.63) is 58.9 Å². The Bertz CT molecular complexity index is 999. The van der Waals surface area contributed by atoms with Crippen molar-refractivity contribution in [2.24, 2.45) is 5.92 Å². The summed E-state index contributed by atoms with van der Waals surface area (Å²) in [5, 5.41) is 5.66. The van der Waals surface area contributed by atoms with Crippen LogP contribution in [0.25, 0.3) is 0 Å². The molecule has 162 valence electrons. The van der Waals surface area contributed by atoms with Crippen molar-refractivity contribution in [3.63, 3.8) is 0 Å². The van der Waals surface area contributed by atoms with Crippen LogP contribution in [0, 0.1) is 12.8 Å². The topological polar surface area (TPSA) is 88.2 Å². The van der Waals surface area contributed by atoms with Gasteiger partial charge in [0.05, 0.1) is 28.7 Å². The molecule has 1 saturated carbocycles. The molecule has 0 bridgehead atoms. The Hall–Kier alpha value is -2.62. The number of rotatable bonds is 7. The largest absolute Gasteiger partial charge is 0.416 e. The molecular weight excluding hydrogens is 419 g/mol. The van der Waals surface area contributed by atoms with E-state index in [0.717, 1.165) is 17.7 Å². The third kappa shape index (κ3) is 5.29. The minimum atomic E-state index is -4.38. The summed E-state index contributed by atoms with van der Waals surface area (Å²) < 4.78 is 59.4. The molecule has 0 aliphatic heterocycles. The number of nitrogens with zero attached hydrogens (tertiary/aromatic N) is 1. The van der Waals surface area contributed by atoms with Crippen molar-refractivity contribution in [1.29, 1.82) is 0 Å². The van der Waals surface area contributed by atoms with E-state index in [1.54, 1.807) is 26.0 Å². The van der Waals surface area contributed by atoms with Crippen molar-refractivity contribution in [3.8, 4) is 0 Å². The molecule has 1 amide bonds. The Morgan fingerprint density at radius 1 is 1.20 bits per heavy atom. The minimum Gasteiger partial charge on any atom is -0.370 e. The normalized spacial score (nSPS) is 19.4. The van der Waals surface area contributed by atoms with Gasteiger partial charge in [-0.05, 0) is 56.0 Å². The molecule has 10 heteroatoms. The first-order valence-corrected chi connectivity index (χ1v) is 10.7. The molecule has 0 radical (unpaired) electrons. The lowest BCUT2D eigenvalue weighted by Gasteiger charge is -2.16. The smallest absolute Gasteiger partial charge is 0.370 e. The van der Waals surface area contributed by atoms with Crippen LogP contribution in [-0.2, 0) is 21.7 Å². The maximum absolute atomic E-state index is 12.7. The molecule has 1 heterocycles. The van der Waals surface area contributed by atoms with Gasteiger partial charge in [-0.15, -0.1) is 0 Å². The fraction of sp³-hybridized carbons (Fsp3) is 0.400. The average molecular weight is 441 g/mol. The van der Waals surface area contributed by atoms with E-state index in [0.29, 0.717) is 23.5 Å². The van der Waals surface area contributed by atoms with E-state index < -0.39 is 22.4 Å². The van der Waals surface area contributed by atoms with Crippen LogP contribution in [0.2, 0.25) is 0 Å². The van der Waals surface area contributed by atoms with Crippen LogP contribution in [0.5, 0.6) is 0 Å². The number of aromatic nitrogens is 1. The Labute approximate surface area is 173 Å². The quantitative estimate of drug-likeness (QED) is 0.574. The number of thiol groups is 1. The molecule has 0 saturated heterocycles. The molecule has 6 nitrogen and oxygen atoms in total. The number of benzene rings is 1. The van der Waals surface area contributed by atoms with E-state index in [2.05, 4.69) is 15.6 Å². The van der Waals surface area contributed by atoms with Crippen LogP contribution < -0.4 is 10.6 Å². The molecule has 1 aliphatic carbocycles. The fourth-order valence-electron chi connectivity index (χ4n) is 3.33. The van der Waals surface area contributed by atoms with Crippen LogP contribution >= 0.6 is 0 Å². The van der Waals surface area contributed by atoms with Crippen molar-refractivity contribution in [1.82, 2.24) is 10.3 Å². The van der Waals surface area contributed by atoms with Gasteiger partial charge in [0.2, 0.25) is 5.91 Å². The molecule has 1 aromatic heterocycles. The first-order chi connectivity index (χ1) is 14.1. The van der Waals surface area contributed by atoms with Gasteiger partial charge in [-0.25, -0.2) is 8.42 Å². The second-order valence-corrected chi connectivity index (χ2v) is 8.32. The highest BCUT2D eigenvalue weighted by Gasteiger charge is 2.44. The van der Waals surface area contributed by atoms with Crippen molar-refractivity contribution < 1.29 is 26.4 Å². The van der Waals surface area contributed by atoms with Gasteiger partial charge in [0.15, 0.2) is 10.7 Å². The summed E-state index contributed by atoms with van der Waals surface area (Å²) in [6, 6.07) is 7.98. The lowest BCUT2D eigenvalue weighted by molar-refractivity contribution is -0.137. The predicted octanol–water partition coefficient (Wildman–Crippen LogP) is 3.37. The fourth-order valence-corrected chi connectivity index (χ4v) is 3.62. The maximum Gasteiger partial charge on any atom is 0.416 e. The highest BCUT2D eigenvalue weighted by atomic mass is 32.2. The lowest BCUT2D eigenvalue weighted by atomic mass is 10.1. The molecule has 0 spiro atoms. The summed E-state index contributed by atoms with van der Waals surface area (Å²) in [7, 11) is -2.55. The number of hydrogen-bond donors (Lipinski definition) is 3. The van der Waals surface area contributed by atoms with E-state index in [-0.39, 0.29) is 29.7 Å². The van der Waals surface area contributed by atoms with Gasteiger partial charge in [-0.1, -0.05) is 12.1 Å². The Morgan fingerprint density at radius 2 is 1.87 bits per heavy atom. The molecule has 3 atom stereocenters. The number of alkyl halides is 3. The predicted molar refractivity (Wildman–Crippen MR) is 107 cm³/mol. The Balaban J connectivity index is 1.58. The monoisotopic (exact) mass is 441 g/mol. The number of aryl methyl sites for hydroxylation is 1. The highest BCUT2D eigenvalue weighted by molar-refractivity contribution is 7.72. The van der Waals surface area contributed by atoms with Gasteiger partial charge in [0, 0.05) is 5.92 Å². The number of pyridine rings is 1. The molecule has 3 rings (SSSR count). The van der Waals surface area contributed by atoms with E-state index in [1.165, 1.54) is 12.1 Å². The van der Waals surface area contributed by atoms with E-state index in [4.69, 9.17) is 0 Å². The van der Waals surface area contributed by atoms with Gasteiger partial charge in [0.1, 0.15) is 5.88 Å². The first-order valence-electron chi connectivity index (χ1n) is 9.37. The van der Waals surface area contributed by atoms with E-state index in [9.17, 15) is 26.4 Å². The number of hydrogen-bond acceptors (Lipinski definition) is 5. The number of carbonyl (C=O) groups is 1. The summed E-state index contributed by atoms with van der Waals surface area (Å²) in [6.45, 7) is 3.52. The summed E-state index contributed by atoms with van der Waals surface area (Å²) in [4.78, 5) is 16.9. The zero-order chi connectivity index (χ0) is 22.1. The second-order valence-electron chi connectivity index (χ2n) is 7.34. The first kappa shape index (κ1) is 22.1. The number of nitrogens with one attached hydrogen (secondary N) is 2. The minimum absolute atomic E-state index is 0.0881. The van der Waals surface area contributed by atoms with Gasteiger partial charge < -0.3 is 10.6 Å². The Morgan fingerprint density at radius 3 is 2.43 bits per heavy atom. The molecule has 30 heavy (non-hydrogen) atoms. The lowest BCUT2D eigenvalue weighted by Crippen LogP contribution is -2.29. The van der Waals surface area contributed by atoms with Crippen molar-refractivity contribution in [2.75, 3.05) is 11.2 Å². The summed E-state index contributed by atoms with van der Waals surface area (Å²) in [5.74, 6) is -0.719. The van der Waals surface area contributed by atoms with Crippen LogP contribution in [0.15, 0.2) is 36.4 Å². The third-order valence-electron chi connectivity index (χ3n) is 5.10. The Kier molecular flexibility index (Phi) is 6.35. The van der Waals surface area contributed by atoms with Gasteiger partial charge in [-0.3, -0.25) is 9.78 Å². The van der Waals surface area contributed by atoms with E-state index in [1.807, 2.05) is 0 Å². The molecule has 1 fully saturated rings. The van der Waals surface area contributed by atoms with Gasteiger partial charge in [0.25, 0.3) is 0 Å². The zero-order valence-electron chi connectivity index (χ0n) is 16.4. The standard InChI is InChI=1S/C20H22F3N3O3S/c1-11-17(24-10-30(28)29)7-8-18(25-11)12(2)26-19(27)16-9-15(16)13-3-5-14(6-4-13)20(21,22)23/h3-8,12,15-16,24,30H,9-10H2,1-2H3,(H,26,27)/t12-,15?,16?/m1/s1. The van der Waals surface area contributed by atoms with Crippen LogP contribution in [0.4, 0.5) is 18.9 Å². The number of carbonyl (C=O) groups excluding carboxylic acids is 1. The van der Waals surface area contributed by atoms with Crippen LogP contribution in [0.3, 0.4) is 0 Å². The molecule has 2 N–H and O–H groups in total. The second kappa shape index (κ2) is 8.63. The van der Waals surface area contributed by atoms with Crippen molar-refractivity contribution >= 4 is 22.3 Å². The average Bonchev–Trinajstić information content (AvgIpc) is 3.47. The van der Waals surface area contributed by atoms with Crippen LogP contribution in [0.1, 0.15) is 47.8 Å². The van der Waals surface area contributed by atoms with Gasteiger partial charge >= 0.3 is 6.18 Å². The van der Waals surface area contributed by atoms with Crippen molar-refractivity contribution in [2.45, 2.75) is 38.4 Å². The van der Waals surface area contributed by atoms with Crippen LogP contribution in [-0.4, -0.2) is 25.2 Å². The molecule has 1 aromatic carbocycles. The zero-order valence-corrected chi connectivity index (χ0v) is 17.3. The number of halogens is 3. The molecule has 2 aromatic rings.